The van der Waals surface area contributed by atoms with Crippen LogP contribution in [-0.2, 0) is 11.3 Å². The number of piperidine rings is 1. The number of nitrogens with zero attached hydrogens (tertiary/aromatic N) is 2. The number of carbonyl (C=O) groups is 2. The number of carbonyl (C=O) groups excluding carboxylic acids is 1. The number of aromatic nitrogens is 1. The number of likely N-dealkylation sites (tertiary alicyclic amines) is 1. The highest BCUT2D eigenvalue weighted by Crippen LogP contribution is 2.18. The lowest BCUT2D eigenvalue weighted by Crippen LogP contribution is -2.46. The number of hydrogen-bond acceptors (Lipinski definition) is 4. The minimum Gasteiger partial charge on any atom is -0.481 e. The Kier molecular flexibility index (Phi) is 6.28. The Morgan fingerprint density at radius 2 is 2.29 bits per heavy atom. The molecule has 0 aromatic carbocycles. The minimum absolute atomic E-state index is 0.0418. The quantitative estimate of drug-likeness (QED) is 0.821. The van der Waals surface area contributed by atoms with Gasteiger partial charge in [-0.3, -0.25) is 4.79 Å². The van der Waals surface area contributed by atoms with E-state index in [1.807, 2.05) is 0 Å². The molecule has 24 heavy (non-hydrogen) atoms. The molecule has 1 saturated heterocycles. The zero-order valence-electron chi connectivity index (χ0n) is 13.0. The summed E-state index contributed by atoms with van der Waals surface area (Å²) in [6.45, 7) is -0.0792. The first-order valence-corrected chi connectivity index (χ1v) is 7.57. The SMILES string of the molecule is O=C(O)C1CCCN(C(=O)NCc2cccnc2OCC(F)F)C1. The average Bonchev–Trinajstić information content (AvgIpc) is 2.58. The van der Waals surface area contributed by atoms with Gasteiger partial charge in [-0.2, -0.15) is 0 Å². The van der Waals surface area contributed by atoms with Crippen LogP contribution in [0.25, 0.3) is 0 Å². The van der Waals surface area contributed by atoms with E-state index < -0.39 is 31.0 Å². The molecule has 1 aromatic heterocycles. The summed E-state index contributed by atoms with van der Waals surface area (Å²) >= 11 is 0. The molecule has 0 radical (unpaired) electrons. The topological polar surface area (TPSA) is 91.8 Å². The molecule has 1 fully saturated rings. The predicted octanol–water partition coefficient (Wildman–Crippen LogP) is 1.73. The van der Waals surface area contributed by atoms with Crippen LogP contribution in [-0.4, -0.2) is 53.1 Å². The molecule has 2 amide bonds. The first kappa shape index (κ1) is 17.9. The summed E-state index contributed by atoms with van der Waals surface area (Å²) in [5.41, 5.74) is 0.471. The number of ether oxygens (including phenoxy) is 1. The van der Waals surface area contributed by atoms with Crippen LogP contribution in [0.5, 0.6) is 5.88 Å². The number of carboxylic acid groups (broad SMARTS) is 1. The summed E-state index contributed by atoms with van der Waals surface area (Å²) < 4.78 is 29.4. The molecule has 1 atom stereocenters. The van der Waals surface area contributed by atoms with Gasteiger partial charge in [0.05, 0.1) is 5.92 Å². The van der Waals surface area contributed by atoms with Gasteiger partial charge in [0, 0.05) is 31.4 Å². The van der Waals surface area contributed by atoms with Crippen molar-refractivity contribution in [1.29, 1.82) is 0 Å². The lowest BCUT2D eigenvalue weighted by Gasteiger charge is -2.30. The molecule has 0 bridgehead atoms. The number of alkyl halides is 2. The molecule has 132 valence electrons. The van der Waals surface area contributed by atoms with Crippen LogP contribution in [0.4, 0.5) is 13.6 Å². The van der Waals surface area contributed by atoms with Crippen molar-refractivity contribution in [1.82, 2.24) is 15.2 Å². The first-order chi connectivity index (χ1) is 11.5. The van der Waals surface area contributed by atoms with Gasteiger partial charge in [-0.05, 0) is 18.9 Å². The van der Waals surface area contributed by atoms with E-state index in [9.17, 15) is 18.4 Å². The summed E-state index contributed by atoms with van der Waals surface area (Å²) in [5.74, 6) is -1.43. The van der Waals surface area contributed by atoms with Gasteiger partial charge in [0.2, 0.25) is 5.88 Å². The third-order valence-corrected chi connectivity index (χ3v) is 3.68. The van der Waals surface area contributed by atoms with Crippen LogP contribution in [0.15, 0.2) is 18.3 Å². The molecule has 1 unspecified atom stereocenters. The van der Waals surface area contributed by atoms with E-state index in [0.717, 1.165) is 0 Å². The van der Waals surface area contributed by atoms with Crippen molar-refractivity contribution in [3.05, 3.63) is 23.9 Å². The van der Waals surface area contributed by atoms with Crippen molar-refractivity contribution in [2.45, 2.75) is 25.8 Å². The highest BCUT2D eigenvalue weighted by molar-refractivity contribution is 5.76. The van der Waals surface area contributed by atoms with Gasteiger partial charge in [0.1, 0.15) is 0 Å². The Hall–Kier alpha value is -2.45. The normalized spacial score (nSPS) is 17.6. The van der Waals surface area contributed by atoms with Gasteiger partial charge in [-0.1, -0.05) is 6.07 Å². The molecule has 9 heteroatoms. The van der Waals surface area contributed by atoms with Gasteiger partial charge in [0.15, 0.2) is 6.61 Å². The predicted molar refractivity (Wildman–Crippen MR) is 79.9 cm³/mol. The maximum Gasteiger partial charge on any atom is 0.317 e. The molecule has 0 saturated carbocycles. The Labute approximate surface area is 137 Å². The molecule has 2 heterocycles. The monoisotopic (exact) mass is 343 g/mol. The molecule has 1 aliphatic rings. The minimum atomic E-state index is -2.62. The fourth-order valence-corrected chi connectivity index (χ4v) is 2.48. The molecule has 1 aromatic rings. The molecule has 2 rings (SSSR count). The molecule has 1 aliphatic heterocycles. The largest absolute Gasteiger partial charge is 0.481 e. The van der Waals surface area contributed by atoms with E-state index in [-0.39, 0.29) is 19.0 Å². The molecule has 7 nitrogen and oxygen atoms in total. The summed E-state index contributed by atoms with van der Waals surface area (Å²) in [6, 6.07) is 2.83. The zero-order valence-corrected chi connectivity index (χ0v) is 13.0. The fraction of sp³-hybridized carbons (Fsp3) is 0.533. The zero-order chi connectivity index (χ0) is 17.5. The van der Waals surface area contributed by atoms with Gasteiger partial charge < -0.3 is 20.1 Å². The van der Waals surface area contributed by atoms with Crippen LogP contribution in [0.3, 0.4) is 0 Å². The van der Waals surface area contributed by atoms with E-state index in [1.54, 1.807) is 12.1 Å². The third-order valence-electron chi connectivity index (χ3n) is 3.68. The smallest absolute Gasteiger partial charge is 0.317 e. The lowest BCUT2D eigenvalue weighted by atomic mass is 9.99. The number of carboxylic acids is 1. The van der Waals surface area contributed by atoms with E-state index in [0.29, 0.717) is 24.9 Å². The number of amides is 2. The van der Waals surface area contributed by atoms with Crippen molar-refractivity contribution in [2.24, 2.45) is 5.92 Å². The van der Waals surface area contributed by atoms with Crippen LogP contribution < -0.4 is 10.1 Å². The second-order valence-corrected chi connectivity index (χ2v) is 5.45. The molecular weight excluding hydrogens is 324 g/mol. The van der Waals surface area contributed by atoms with Crippen molar-refractivity contribution in [2.75, 3.05) is 19.7 Å². The van der Waals surface area contributed by atoms with Crippen molar-refractivity contribution in [3.63, 3.8) is 0 Å². The number of hydrogen-bond donors (Lipinski definition) is 2. The highest BCUT2D eigenvalue weighted by Gasteiger charge is 2.28. The Bertz CT molecular complexity index is 586. The second kappa shape index (κ2) is 8.42. The van der Waals surface area contributed by atoms with Gasteiger partial charge in [0.25, 0.3) is 6.43 Å². The van der Waals surface area contributed by atoms with Crippen LogP contribution in [0, 0.1) is 5.92 Å². The molecule has 0 spiro atoms. The molecule has 2 N–H and O–H groups in total. The maximum absolute atomic E-state index is 12.2. The summed E-state index contributed by atoms with van der Waals surface area (Å²) in [4.78, 5) is 28.5. The Balaban J connectivity index is 1.90. The average molecular weight is 343 g/mol. The first-order valence-electron chi connectivity index (χ1n) is 7.57. The van der Waals surface area contributed by atoms with Crippen LogP contribution >= 0.6 is 0 Å². The van der Waals surface area contributed by atoms with Gasteiger partial charge in [-0.25, -0.2) is 18.6 Å². The number of aliphatic carboxylic acids is 1. The Morgan fingerprint density at radius 1 is 1.50 bits per heavy atom. The standard InChI is InChI=1S/C15H19F2N3O4/c16-12(17)9-24-13-10(3-1-5-18-13)7-19-15(23)20-6-2-4-11(8-20)14(21)22/h1,3,5,11-12H,2,4,6-9H2,(H,19,23)(H,21,22). The highest BCUT2D eigenvalue weighted by atomic mass is 19.3. The third kappa shape index (κ3) is 5.04. The van der Waals surface area contributed by atoms with Crippen molar-refractivity contribution < 1.29 is 28.2 Å². The molecular formula is C15H19F2N3O4. The number of rotatable bonds is 6. The second-order valence-electron chi connectivity index (χ2n) is 5.45. The van der Waals surface area contributed by atoms with Crippen LogP contribution in [0.2, 0.25) is 0 Å². The van der Waals surface area contributed by atoms with E-state index in [4.69, 9.17) is 9.84 Å². The van der Waals surface area contributed by atoms with Gasteiger partial charge >= 0.3 is 12.0 Å². The van der Waals surface area contributed by atoms with E-state index in [2.05, 4.69) is 10.3 Å². The van der Waals surface area contributed by atoms with Crippen LogP contribution in [0.1, 0.15) is 18.4 Å². The Morgan fingerprint density at radius 3 is 3.00 bits per heavy atom. The number of urea groups is 1. The summed E-state index contributed by atoms with van der Waals surface area (Å²) in [5, 5.41) is 11.7. The van der Waals surface area contributed by atoms with Crippen molar-refractivity contribution >= 4 is 12.0 Å². The number of nitrogens with one attached hydrogen (secondary N) is 1. The lowest BCUT2D eigenvalue weighted by molar-refractivity contribution is -0.143. The number of halogens is 2. The summed E-state index contributed by atoms with van der Waals surface area (Å²) in [7, 11) is 0. The summed E-state index contributed by atoms with van der Waals surface area (Å²) in [6.07, 6.45) is -0.0301. The van der Waals surface area contributed by atoms with Gasteiger partial charge in [-0.15, -0.1) is 0 Å². The fourth-order valence-electron chi connectivity index (χ4n) is 2.48. The van der Waals surface area contributed by atoms with E-state index in [1.165, 1.54) is 11.1 Å². The number of pyridine rings is 1. The maximum atomic E-state index is 12.2. The van der Waals surface area contributed by atoms with E-state index >= 15 is 0 Å². The van der Waals surface area contributed by atoms with Crippen molar-refractivity contribution in [3.8, 4) is 5.88 Å². The molecule has 0 aliphatic carbocycles.